The summed E-state index contributed by atoms with van der Waals surface area (Å²) in [5.41, 5.74) is 1.74. The van der Waals surface area contributed by atoms with Gasteiger partial charge in [0.05, 0.1) is 18.0 Å². The normalized spacial score (nSPS) is 20.2. The fourth-order valence-corrected chi connectivity index (χ4v) is 6.08. The Morgan fingerprint density at radius 3 is 2.46 bits per heavy atom. The van der Waals surface area contributed by atoms with Gasteiger partial charge >= 0.3 is 5.97 Å². The number of hydrogen-bond donors (Lipinski definition) is 1. The van der Waals surface area contributed by atoms with Crippen molar-refractivity contribution in [1.29, 1.82) is 0 Å². The molecule has 9 heteroatoms. The van der Waals surface area contributed by atoms with Gasteiger partial charge in [-0.2, -0.15) is 0 Å². The SMILES string of the molecule is CC(=O)NC1CCC(c2ccccc2)C(CC(=O)OC(C)(C)C)C(=O)N(c2nc(-c3ccccc3Cl)cs2)C1. The summed E-state index contributed by atoms with van der Waals surface area (Å²) >= 11 is 7.75. The molecule has 1 aliphatic rings. The highest BCUT2D eigenvalue weighted by atomic mass is 35.5. The van der Waals surface area contributed by atoms with Crippen LogP contribution < -0.4 is 10.2 Å². The summed E-state index contributed by atoms with van der Waals surface area (Å²) in [5, 5.41) is 5.94. The molecule has 0 spiro atoms. The van der Waals surface area contributed by atoms with Gasteiger partial charge in [-0.3, -0.25) is 19.3 Å². The van der Waals surface area contributed by atoms with E-state index in [2.05, 4.69) is 5.32 Å². The van der Waals surface area contributed by atoms with E-state index in [4.69, 9.17) is 21.3 Å². The van der Waals surface area contributed by atoms with E-state index in [1.54, 1.807) is 11.0 Å². The Labute approximate surface area is 238 Å². The van der Waals surface area contributed by atoms with E-state index in [0.29, 0.717) is 28.7 Å². The first-order valence-electron chi connectivity index (χ1n) is 13.1. The van der Waals surface area contributed by atoms with E-state index >= 15 is 0 Å². The van der Waals surface area contributed by atoms with Crippen molar-refractivity contribution in [3.05, 3.63) is 70.6 Å². The van der Waals surface area contributed by atoms with Crippen molar-refractivity contribution >= 4 is 45.9 Å². The summed E-state index contributed by atoms with van der Waals surface area (Å²) < 4.78 is 5.64. The monoisotopic (exact) mass is 567 g/mol. The highest BCUT2D eigenvalue weighted by Gasteiger charge is 2.40. The summed E-state index contributed by atoms with van der Waals surface area (Å²) in [7, 11) is 0. The summed E-state index contributed by atoms with van der Waals surface area (Å²) in [6, 6.07) is 16.9. The van der Waals surface area contributed by atoms with Crippen molar-refractivity contribution in [2.45, 2.75) is 64.5 Å². The van der Waals surface area contributed by atoms with Crippen LogP contribution in [0.5, 0.6) is 0 Å². The van der Waals surface area contributed by atoms with E-state index in [1.807, 2.05) is 74.7 Å². The highest BCUT2D eigenvalue weighted by Crippen LogP contribution is 2.39. The highest BCUT2D eigenvalue weighted by molar-refractivity contribution is 7.14. The van der Waals surface area contributed by atoms with Gasteiger partial charge in [0.25, 0.3) is 0 Å². The average Bonchev–Trinajstić information content (AvgIpc) is 3.34. The van der Waals surface area contributed by atoms with Gasteiger partial charge in [-0.15, -0.1) is 11.3 Å². The van der Waals surface area contributed by atoms with Gasteiger partial charge in [-0.1, -0.05) is 60.1 Å². The first-order valence-corrected chi connectivity index (χ1v) is 14.3. The third kappa shape index (κ3) is 7.46. The molecule has 0 bridgehead atoms. The number of amides is 2. The molecule has 1 N–H and O–H groups in total. The van der Waals surface area contributed by atoms with Crippen LogP contribution in [0.2, 0.25) is 5.02 Å². The Morgan fingerprint density at radius 2 is 1.79 bits per heavy atom. The molecule has 3 unspecified atom stereocenters. The molecule has 1 fully saturated rings. The van der Waals surface area contributed by atoms with Crippen LogP contribution in [0.4, 0.5) is 5.13 Å². The average molecular weight is 568 g/mol. The second-order valence-corrected chi connectivity index (χ2v) is 12.1. The maximum absolute atomic E-state index is 14.4. The minimum atomic E-state index is -0.667. The lowest BCUT2D eigenvalue weighted by atomic mass is 9.78. The number of esters is 1. The second-order valence-electron chi connectivity index (χ2n) is 10.8. The van der Waals surface area contributed by atoms with Crippen LogP contribution in [-0.4, -0.2) is 41.0 Å². The molecule has 2 aromatic carbocycles. The van der Waals surface area contributed by atoms with Gasteiger partial charge in [0.15, 0.2) is 5.13 Å². The van der Waals surface area contributed by atoms with E-state index in [-0.39, 0.29) is 36.7 Å². The lowest BCUT2D eigenvalue weighted by molar-refractivity contribution is -0.157. The van der Waals surface area contributed by atoms with E-state index in [0.717, 1.165) is 11.1 Å². The zero-order valence-corrected chi connectivity index (χ0v) is 24.2. The number of thiazole rings is 1. The minimum absolute atomic E-state index is 0.0558. The number of carbonyl (C=O) groups is 3. The van der Waals surface area contributed by atoms with Crippen molar-refractivity contribution in [3.8, 4) is 11.3 Å². The van der Waals surface area contributed by atoms with Gasteiger partial charge < -0.3 is 10.1 Å². The van der Waals surface area contributed by atoms with E-state index < -0.39 is 17.5 Å². The number of ether oxygens (including phenoxy) is 1. The van der Waals surface area contributed by atoms with Crippen LogP contribution in [-0.2, 0) is 19.1 Å². The maximum atomic E-state index is 14.4. The predicted molar refractivity (Wildman–Crippen MR) is 155 cm³/mol. The van der Waals surface area contributed by atoms with Crippen LogP contribution in [0.1, 0.15) is 58.4 Å². The van der Waals surface area contributed by atoms with Gasteiger partial charge in [-0.05, 0) is 51.2 Å². The second kappa shape index (κ2) is 12.3. The van der Waals surface area contributed by atoms with Crippen LogP contribution in [0, 0.1) is 5.92 Å². The molecule has 1 saturated heterocycles. The quantitative estimate of drug-likeness (QED) is 0.357. The van der Waals surface area contributed by atoms with Gasteiger partial charge in [0, 0.05) is 35.5 Å². The van der Waals surface area contributed by atoms with Gasteiger partial charge in [0.1, 0.15) is 5.60 Å². The Kier molecular flexibility index (Phi) is 9.08. The molecule has 1 aromatic heterocycles. The number of benzene rings is 2. The summed E-state index contributed by atoms with van der Waals surface area (Å²) in [4.78, 5) is 45.9. The van der Waals surface area contributed by atoms with Crippen molar-refractivity contribution in [2.24, 2.45) is 5.92 Å². The van der Waals surface area contributed by atoms with Crippen LogP contribution in [0.15, 0.2) is 60.0 Å². The number of nitrogens with one attached hydrogen (secondary N) is 1. The molecule has 3 atom stereocenters. The summed E-state index contributed by atoms with van der Waals surface area (Å²) in [6.07, 6.45) is 1.21. The number of halogens is 1. The first-order chi connectivity index (χ1) is 18.5. The molecule has 0 aliphatic carbocycles. The Bertz CT molecular complexity index is 1320. The fourth-order valence-electron chi connectivity index (χ4n) is 5.01. The number of anilines is 1. The van der Waals surface area contributed by atoms with Crippen molar-refractivity contribution in [3.63, 3.8) is 0 Å². The third-order valence-corrected chi connectivity index (χ3v) is 7.81. The maximum Gasteiger partial charge on any atom is 0.307 e. The Morgan fingerprint density at radius 1 is 1.10 bits per heavy atom. The Hall–Kier alpha value is -3.23. The Balaban J connectivity index is 1.75. The smallest absolute Gasteiger partial charge is 0.307 e. The van der Waals surface area contributed by atoms with Gasteiger partial charge in [-0.25, -0.2) is 4.98 Å². The minimum Gasteiger partial charge on any atom is -0.460 e. The molecule has 3 aromatic rings. The number of nitrogens with zero attached hydrogens (tertiary/aromatic N) is 2. The number of hydrogen-bond acceptors (Lipinski definition) is 6. The van der Waals surface area contributed by atoms with Crippen molar-refractivity contribution in [2.75, 3.05) is 11.4 Å². The first kappa shape index (κ1) is 28.8. The molecule has 0 saturated carbocycles. The lowest BCUT2D eigenvalue weighted by Crippen LogP contribution is -2.50. The standard InChI is InChI=1S/C30H34ClN3O4S/c1-19(35)32-21-14-15-22(20-10-6-5-7-11-20)24(16-27(36)38-30(2,3)4)28(37)34(17-21)29-33-26(18-39-29)23-12-8-9-13-25(23)31/h5-13,18,21-22,24H,14-17H2,1-4H3,(H,32,35). The molecule has 7 nitrogen and oxygen atoms in total. The lowest BCUT2D eigenvalue weighted by Gasteiger charge is -2.36. The molecule has 1 aliphatic heterocycles. The van der Waals surface area contributed by atoms with Crippen molar-refractivity contribution in [1.82, 2.24) is 10.3 Å². The predicted octanol–water partition coefficient (Wildman–Crippen LogP) is 6.23. The summed E-state index contributed by atoms with van der Waals surface area (Å²) in [5.74, 6) is -1.70. The largest absolute Gasteiger partial charge is 0.460 e. The molecular formula is C30H34ClN3O4S. The van der Waals surface area contributed by atoms with E-state index in [1.165, 1.54) is 18.3 Å². The van der Waals surface area contributed by atoms with E-state index in [9.17, 15) is 14.4 Å². The molecule has 206 valence electrons. The topological polar surface area (TPSA) is 88.6 Å². The molecular weight excluding hydrogens is 534 g/mol. The molecule has 2 heterocycles. The zero-order chi connectivity index (χ0) is 28.2. The third-order valence-electron chi connectivity index (χ3n) is 6.61. The van der Waals surface area contributed by atoms with Crippen LogP contribution in [0.25, 0.3) is 11.3 Å². The fraction of sp³-hybridized carbons (Fsp3) is 0.400. The zero-order valence-electron chi connectivity index (χ0n) is 22.6. The molecule has 39 heavy (non-hydrogen) atoms. The molecule has 0 radical (unpaired) electrons. The number of rotatable bonds is 6. The van der Waals surface area contributed by atoms with Crippen LogP contribution in [0.3, 0.4) is 0 Å². The number of aromatic nitrogens is 1. The summed E-state index contributed by atoms with van der Waals surface area (Å²) in [6.45, 7) is 7.17. The van der Waals surface area contributed by atoms with Crippen LogP contribution >= 0.6 is 22.9 Å². The van der Waals surface area contributed by atoms with Gasteiger partial charge in [0.2, 0.25) is 11.8 Å². The molecule has 4 rings (SSSR count). The number of carbonyl (C=O) groups excluding carboxylic acids is 3. The molecule has 2 amide bonds. The van der Waals surface area contributed by atoms with Crippen molar-refractivity contribution < 1.29 is 19.1 Å².